The van der Waals surface area contributed by atoms with Crippen molar-refractivity contribution >= 4 is 5.97 Å². The number of rotatable bonds is 14. The molecule has 0 aromatic carbocycles. The van der Waals surface area contributed by atoms with E-state index in [2.05, 4.69) is 11.7 Å². The lowest BCUT2D eigenvalue weighted by atomic mass is 9.98. The Balaban J connectivity index is 4.14. The van der Waals surface area contributed by atoms with Gasteiger partial charge in [-0.1, -0.05) is 74.8 Å². The van der Waals surface area contributed by atoms with Gasteiger partial charge in [0.25, 0.3) is 0 Å². The third-order valence-corrected chi connectivity index (χ3v) is 4.11. The van der Waals surface area contributed by atoms with Crippen LogP contribution in [-0.4, -0.2) is 46.2 Å². The summed E-state index contributed by atoms with van der Waals surface area (Å²) in [4.78, 5) is 11.0. The van der Waals surface area contributed by atoms with Crippen LogP contribution in [-0.2, 0) is 9.53 Å². The fourth-order valence-electron chi connectivity index (χ4n) is 2.38. The number of hydrogen-bond acceptors (Lipinski definition) is 5. The van der Waals surface area contributed by atoms with Crippen LogP contribution in [0.2, 0.25) is 0 Å². The van der Waals surface area contributed by atoms with E-state index in [-0.39, 0.29) is 5.97 Å². The Morgan fingerprint density at radius 1 is 1.04 bits per heavy atom. The predicted molar refractivity (Wildman–Crippen MR) is 109 cm³/mol. The molecule has 0 saturated heterocycles. The molecule has 0 aromatic heterocycles. The van der Waals surface area contributed by atoms with Crippen LogP contribution in [0.25, 0.3) is 0 Å². The molecule has 0 spiro atoms. The summed E-state index contributed by atoms with van der Waals surface area (Å²) in [6.07, 6.45) is 17.3. The normalized spacial score (nSPS) is 17.1. The average molecular weight is 381 g/mol. The molecule has 0 rings (SSSR count). The lowest BCUT2D eigenvalue weighted by molar-refractivity contribution is -0.140. The van der Waals surface area contributed by atoms with E-state index in [0.29, 0.717) is 25.7 Å². The van der Waals surface area contributed by atoms with Crippen molar-refractivity contribution in [1.82, 2.24) is 0 Å². The van der Waals surface area contributed by atoms with Crippen molar-refractivity contribution in [2.75, 3.05) is 7.11 Å². The van der Waals surface area contributed by atoms with Crippen molar-refractivity contribution in [1.29, 1.82) is 0 Å². The largest absolute Gasteiger partial charge is 0.469 e. The van der Waals surface area contributed by atoms with E-state index < -0.39 is 17.8 Å². The molecule has 0 amide bonds. The molecule has 0 heterocycles. The molecule has 0 aromatic rings. The molecule has 0 bridgehead atoms. The minimum absolute atomic E-state index is 0.272. The summed E-state index contributed by atoms with van der Waals surface area (Å²) in [5, 5.41) is 29.8. The Morgan fingerprint density at radius 2 is 1.67 bits per heavy atom. The average Bonchev–Trinajstić information content (AvgIpc) is 2.63. The molecule has 1 unspecified atom stereocenters. The topological polar surface area (TPSA) is 87.0 Å². The fourth-order valence-corrected chi connectivity index (χ4v) is 2.38. The predicted octanol–water partition coefficient (Wildman–Crippen LogP) is 3.61. The summed E-state index contributed by atoms with van der Waals surface area (Å²) in [5.74, 6) is -0.272. The first-order valence-electron chi connectivity index (χ1n) is 9.67. The third-order valence-electron chi connectivity index (χ3n) is 4.11. The zero-order valence-electron chi connectivity index (χ0n) is 16.9. The molecule has 3 atom stereocenters. The van der Waals surface area contributed by atoms with Crippen LogP contribution in [0.4, 0.5) is 0 Å². The smallest absolute Gasteiger partial charge is 0.305 e. The first-order chi connectivity index (χ1) is 12.8. The number of methoxy groups -OCH3 is 1. The maximum absolute atomic E-state index is 11.0. The molecule has 0 aliphatic rings. The van der Waals surface area contributed by atoms with E-state index in [1.165, 1.54) is 7.11 Å². The molecule has 0 saturated carbocycles. The number of carbonyl (C=O) groups is 1. The van der Waals surface area contributed by atoms with Crippen molar-refractivity contribution in [2.24, 2.45) is 0 Å². The summed E-state index contributed by atoms with van der Waals surface area (Å²) in [5.41, 5.74) is -0.972. The van der Waals surface area contributed by atoms with Crippen LogP contribution in [0.15, 0.2) is 48.6 Å². The van der Waals surface area contributed by atoms with Crippen molar-refractivity contribution in [2.45, 2.75) is 76.6 Å². The van der Waals surface area contributed by atoms with Gasteiger partial charge in [0.05, 0.1) is 24.9 Å². The molecule has 3 N–H and O–H groups in total. The Labute approximate surface area is 163 Å². The maximum atomic E-state index is 11.0. The molecule has 27 heavy (non-hydrogen) atoms. The summed E-state index contributed by atoms with van der Waals surface area (Å²) in [6, 6.07) is 0. The van der Waals surface area contributed by atoms with Crippen LogP contribution in [0.3, 0.4) is 0 Å². The molecule has 0 radical (unpaired) electrons. The monoisotopic (exact) mass is 380 g/mol. The first-order valence-corrected chi connectivity index (χ1v) is 9.67. The van der Waals surface area contributed by atoms with Gasteiger partial charge in [0.2, 0.25) is 0 Å². The fraction of sp³-hybridized carbons (Fsp3) is 0.591. The first kappa shape index (κ1) is 25.3. The summed E-state index contributed by atoms with van der Waals surface area (Å²) < 4.78 is 4.57. The van der Waals surface area contributed by atoms with Gasteiger partial charge in [-0.15, -0.1) is 0 Å². The van der Waals surface area contributed by atoms with Gasteiger partial charge in [-0.3, -0.25) is 4.79 Å². The highest BCUT2D eigenvalue weighted by molar-refractivity contribution is 5.69. The minimum atomic E-state index is -0.972. The van der Waals surface area contributed by atoms with E-state index in [1.54, 1.807) is 55.5 Å². The molecule has 0 aliphatic heterocycles. The van der Waals surface area contributed by atoms with Gasteiger partial charge < -0.3 is 20.1 Å². The second-order valence-electron chi connectivity index (χ2n) is 6.85. The summed E-state index contributed by atoms with van der Waals surface area (Å²) in [7, 11) is 1.35. The van der Waals surface area contributed by atoms with Gasteiger partial charge in [0, 0.05) is 6.42 Å². The highest BCUT2D eigenvalue weighted by Crippen LogP contribution is 2.15. The minimum Gasteiger partial charge on any atom is -0.469 e. The highest BCUT2D eigenvalue weighted by Gasteiger charge is 2.16. The summed E-state index contributed by atoms with van der Waals surface area (Å²) in [6.45, 7) is 3.79. The number of hydrogen-bond donors (Lipinski definition) is 3. The van der Waals surface area contributed by atoms with Crippen LogP contribution in [0, 0.1) is 0 Å². The number of aliphatic hydroxyl groups is 3. The van der Waals surface area contributed by atoms with Gasteiger partial charge in [0.15, 0.2) is 0 Å². The highest BCUT2D eigenvalue weighted by atomic mass is 16.5. The SMILES string of the molecule is CCCCC[C@H](O)[C@H](O)/C=C/C=C/C=C\C=C\C(C)(O)CCCC(=O)OC. The third kappa shape index (κ3) is 15.1. The van der Waals surface area contributed by atoms with E-state index in [4.69, 9.17) is 0 Å². The Bertz CT molecular complexity index is 503. The molecule has 5 nitrogen and oxygen atoms in total. The number of allylic oxidation sites excluding steroid dienone is 6. The van der Waals surface area contributed by atoms with Gasteiger partial charge in [0.1, 0.15) is 0 Å². The van der Waals surface area contributed by atoms with Crippen molar-refractivity contribution in [3.63, 3.8) is 0 Å². The molecule has 0 aliphatic carbocycles. The lowest BCUT2D eigenvalue weighted by Crippen LogP contribution is -2.23. The van der Waals surface area contributed by atoms with Gasteiger partial charge in [-0.05, 0) is 26.2 Å². The van der Waals surface area contributed by atoms with E-state index in [9.17, 15) is 20.1 Å². The van der Waals surface area contributed by atoms with E-state index >= 15 is 0 Å². The molecule has 154 valence electrons. The van der Waals surface area contributed by atoms with Gasteiger partial charge in [-0.2, -0.15) is 0 Å². The number of unbranched alkanes of at least 4 members (excludes halogenated alkanes) is 2. The lowest BCUT2D eigenvalue weighted by Gasteiger charge is -2.17. The maximum Gasteiger partial charge on any atom is 0.305 e. The van der Waals surface area contributed by atoms with Crippen molar-refractivity contribution in [3.05, 3.63) is 48.6 Å². The zero-order valence-corrected chi connectivity index (χ0v) is 16.9. The molecular weight excluding hydrogens is 344 g/mol. The summed E-state index contributed by atoms with van der Waals surface area (Å²) >= 11 is 0. The van der Waals surface area contributed by atoms with Gasteiger partial charge in [-0.25, -0.2) is 0 Å². The number of aliphatic hydroxyl groups excluding tert-OH is 2. The van der Waals surface area contributed by atoms with Gasteiger partial charge >= 0.3 is 5.97 Å². The van der Waals surface area contributed by atoms with Crippen LogP contribution in [0.5, 0.6) is 0 Å². The van der Waals surface area contributed by atoms with Crippen molar-refractivity contribution < 1.29 is 24.9 Å². The zero-order chi connectivity index (χ0) is 20.5. The van der Waals surface area contributed by atoms with E-state index in [0.717, 1.165) is 19.3 Å². The molecule has 0 fully saturated rings. The molecule has 5 heteroatoms. The Kier molecular flexibility index (Phi) is 14.4. The number of esters is 1. The standard InChI is InChI=1S/C22H36O5/c1-4-5-10-14-19(23)20(24)15-11-8-6-7-9-12-17-22(2,26)18-13-16-21(25)27-3/h6-9,11-12,15,17,19-20,23-24,26H,4-5,10,13-14,16,18H2,1-3H3/b8-6+,9-7-,15-11+,17-12+/t19-,20+,22?/m0/s1. The number of carbonyl (C=O) groups excluding carboxylic acids is 1. The quantitative estimate of drug-likeness (QED) is 0.243. The second kappa shape index (κ2) is 15.4. The number of ether oxygens (including phenoxy) is 1. The van der Waals surface area contributed by atoms with Crippen molar-refractivity contribution in [3.8, 4) is 0 Å². The Morgan fingerprint density at radius 3 is 2.30 bits per heavy atom. The van der Waals surface area contributed by atoms with Crippen LogP contribution < -0.4 is 0 Å². The van der Waals surface area contributed by atoms with E-state index in [1.807, 2.05) is 0 Å². The Hall–Kier alpha value is -1.69. The molecular formula is C22H36O5. The van der Waals surface area contributed by atoms with Crippen LogP contribution in [0.1, 0.15) is 58.8 Å². The second-order valence-corrected chi connectivity index (χ2v) is 6.85. The van der Waals surface area contributed by atoms with Crippen LogP contribution >= 0.6 is 0 Å².